The average Bonchev–Trinajstić information content (AvgIpc) is 2.67. The number of nitrogens with zero attached hydrogens (tertiary/aromatic N) is 1. The minimum atomic E-state index is -1.25. The fraction of sp³-hybridized carbons (Fsp3) is 0.409. The van der Waals surface area contributed by atoms with Gasteiger partial charge in [-0.1, -0.05) is 93.0 Å². The van der Waals surface area contributed by atoms with Crippen LogP contribution in [0.25, 0.3) is 0 Å². The molecular weight excluding hydrogens is 357 g/mol. The molecule has 3 nitrogen and oxygen atoms in total. The van der Waals surface area contributed by atoms with Gasteiger partial charge in [0.25, 0.3) is 5.91 Å². The van der Waals surface area contributed by atoms with Crippen LogP contribution in [0.4, 0.5) is 0 Å². The zero-order valence-corrected chi connectivity index (χ0v) is 17.2. The van der Waals surface area contributed by atoms with Crippen LogP contribution in [0.2, 0.25) is 0 Å². The summed E-state index contributed by atoms with van der Waals surface area (Å²) in [6, 6.07) is 19.2. The molecule has 0 aliphatic carbocycles. The molecule has 1 amide bonds. The standard InChI is InChI=1S/C22H27BClNO2/c1-21(2,3)18-14-25(15-19(23)27-18)20(26)22(24,16-10-6-4-7-11-16)17-12-8-5-9-13-17/h4-13,18-19H,14-15,23H2,1-3H3. The van der Waals surface area contributed by atoms with Gasteiger partial charge in [-0.2, -0.15) is 0 Å². The molecule has 1 fully saturated rings. The van der Waals surface area contributed by atoms with Gasteiger partial charge in [-0.15, -0.1) is 0 Å². The molecule has 2 unspecified atom stereocenters. The van der Waals surface area contributed by atoms with E-state index in [0.717, 1.165) is 11.1 Å². The van der Waals surface area contributed by atoms with Gasteiger partial charge in [0, 0.05) is 19.1 Å². The highest BCUT2D eigenvalue weighted by molar-refractivity contribution is 6.37. The van der Waals surface area contributed by atoms with Gasteiger partial charge in [-0.25, -0.2) is 0 Å². The Bertz CT molecular complexity index is 736. The Labute approximate surface area is 168 Å². The molecule has 5 heteroatoms. The fourth-order valence-electron chi connectivity index (χ4n) is 3.56. The van der Waals surface area contributed by atoms with E-state index in [4.69, 9.17) is 16.3 Å². The van der Waals surface area contributed by atoms with Crippen molar-refractivity contribution in [2.24, 2.45) is 5.41 Å². The van der Waals surface area contributed by atoms with Crippen LogP contribution < -0.4 is 0 Å². The van der Waals surface area contributed by atoms with Crippen molar-refractivity contribution >= 4 is 25.4 Å². The molecular formula is C22H27BClNO2. The highest BCUT2D eigenvalue weighted by Crippen LogP contribution is 2.39. The summed E-state index contributed by atoms with van der Waals surface area (Å²) in [5.41, 5.74) is 1.52. The molecule has 27 heavy (non-hydrogen) atoms. The maximum absolute atomic E-state index is 13.8. The lowest BCUT2D eigenvalue weighted by Gasteiger charge is -2.45. The Balaban J connectivity index is 2.01. The van der Waals surface area contributed by atoms with Gasteiger partial charge in [0.05, 0.1) is 6.10 Å². The topological polar surface area (TPSA) is 29.5 Å². The SMILES string of the molecule is BC1CN(C(=O)C(Cl)(c2ccccc2)c2ccccc2)CC(C(C)(C)C)O1. The van der Waals surface area contributed by atoms with E-state index in [2.05, 4.69) is 20.8 Å². The Kier molecular flexibility index (Phi) is 5.69. The zero-order chi connectivity index (χ0) is 19.7. The predicted octanol–water partition coefficient (Wildman–Crippen LogP) is 3.40. The molecule has 2 aromatic carbocycles. The minimum absolute atomic E-state index is 0.0283. The van der Waals surface area contributed by atoms with Crippen molar-refractivity contribution < 1.29 is 9.53 Å². The molecule has 2 atom stereocenters. The number of benzene rings is 2. The van der Waals surface area contributed by atoms with E-state index in [-0.39, 0.29) is 23.4 Å². The maximum atomic E-state index is 13.8. The van der Waals surface area contributed by atoms with Crippen LogP contribution in [0.15, 0.2) is 60.7 Å². The molecule has 0 spiro atoms. The first kappa shape index (κ1) is 20.0. The Morgan fingerprint density at radius 1 is 1.00 bits per heavy atom. The molecule has 0 N–H and O–H groups in total. The van der Waals surface area contributed by atoms with Crippen LogP contribution in [0.5, 0.6) is 0 Å². The summed E-state index contributed by atoms with van der Waals surface area (Å²) >= 11 is 7.15. The Hall–Kier alpha value is -1.78. The van der Waals surface area contributed by atoms with Crippen molar-refractivity contribution in [2.75, 3.05) is 13.1 Å². The number of amides is 1. The van der Waals surface area contributed by atoms with Crippen molar-refractivity contribution in [3.63, 3.8) is 0 Å². The lowest BCUT2D eigenvalue weighted by Crippen LogP contribution is -2.57. The van der Waals surface area contributed by atoms with Crippen molar-refractivity contribution in [2.45, 2.75) is 37.8 Å². The molecule has 2 aromatic rings. The first-order chi connectivity index (χ1) is 12.7. The van der Waals surface area contributed by atoms with Crippen LogP contribution >= 0.6 is 11.6 Å². The van der Waals surface area contributed by atoms with Crippen LogP contribution in [-0.4, -0.2) is 43.9 Å². The van der Waals surface area contributed by atoms with E-state index in [1.165, 1.54) is 0 Å². The molecule has 1 aliphatic rings. The van der Waals surface area contributed by atoms with E-state index >= 15 is 0 Å². The lowest BCUT2D eigenvalue weighted by atomic mass is 9.84. The molecule has 1 heterocycles. The smallest absolute Gasteiger partial charge is 0.253 e. The second kappa shape index (κ2) is 7.69. The zero-order valence-electron chi connectivity index (χ0n) is 16.5. The first-order valence-electron chi connectivity index (χ1n) is 9.47. The van der Waals surface area contributed by atoms with Gasteiger partial charge in [-0.3, -0.25) is 4.79 Å². The number of carbonyl (C=O) groups excluding carboxylic acids is 1. The second-order valence-electron chi connectivity index (χ2n) is 8.40. The summed E-state index contributed by atoms with van der Waals surface area (Å²) in [6.07, 6.45) is -0.0299. The molecule has 142 valence electrons. The summed E-state index contributed by atoms with van der Waals surface area (Å²) in [4.78, 5) is 14.4. The van der Waals surface area contributed by atoms with Gasteiger partial charge in [-0.05, 0) is 16.5 Å². The maximum Gasteiger partial charge on any atom is 0.253 e. The number of hydrogen-bond acceptors (Lipinski definition) is 2. The number of carbonyl (C=O) groups is 1. The molecule has 1 aliphatic heterocycles. The van der Waals surface area contributed by atoms with Gasteiger partial charge in [0.2, 0.25) is 0 Å². The summed E-state index contributed by atoms with van der Waals surface area (Å²) in [7, 11) is 2.01. The van der Waals surface area contributed by atoms with E-state index in [0.29, 0.717) is 13.1 Å². The minimum Gasteiger partial charge on any atom is -0.380 e. The van der Waals surface area contributed by atoms with Crippen molar-refractivity contribution in [1.82, 2.24) is 4.90 Å². The fourth-order valence-corrected chi connectivity index (χ4v) is 3.93. The molecule has 0 radical (unpaired) electrons. The van der Waals surface area contributed by atoms with E-state index < -0.39 is 4.87 Å². The third-order valence-electron chi connectivity index (χ3n) is 5.15. The van der Waals surface area contributed by atoms with Gasteiger partial charge in [0.1, 0.15) is 7.85 Å². The van der Waals surface area contributed by atoms with Crippen molar-refractivity contribution in [1.29, 1.82) is 0 Å². The predicted molar refractivity (Wildman–Crippen MR) is 113 cm³/mol. The number of halogens is 1. The summed E-state index contributed by atoms with van der Waals surface area (Å²) in [6.45, 7) is 7.50. The van der Waals surface area contributed by atoms with Crippen LogP contribution in [-0.2, 0) is 14.4 Å². The summed E-state index contributed by atoms with van der Waals surface area (Å²) in [5, 5.41) is 0. The molecule has 3 rings (SSSR count). The van der Waals surface area contributed by atoms with Gasteiger partial charge < -0.3 is 9.64 Å². The number of rotatable bonds is 3. The van der Waals surface area contributed by atoms with Crippen molar-refractivity contribution in [3.05, 3.63) is 71.8 Å². The monoisotopic (exact) mass is 383 g/mol. The van der Waals surface area contributed by atoms with Crippen molar-refractivity contribution in [3.8, 4) is 0 Å². The molecule has 1 saturated heterocycles. The number of alkyl halides is 1. The quantitative estimate of drug-likeness (QED) is 0.600. The van der Waals surface area contributed by atoms with Crippen LogP contribution in [0.3, 0.4) is 0 Å². The second-order valence-corrected chi connectivity index (χ2v) is 8.97. The normalized spacial score (nSPS) is 21.1. The lowest BCUT2D eigenvalue weighted by molar-refractivity contribution is -0.149. The number of ether oxygens (including phenoxy) is 1. The number of morpholine rings is 1. The average molecular weight is 384 g/mol. The molecule has 0 bridgehead atoms. The van der Waals surface area contributed by atoms with Gasteiger partial charge >= 0.3 is 0 Å². The van der Waals surface area contributed by atoms with E-state index in [1.54, 1.807) is 0 Å². The first-order valence-corrected chi connectivity index (χ1v) is 9.85. The largest absolute Gasteiger partial charge is 0.380 e. The highest BCUT2D eigenvalue weighted by Gasteiger charge is 2.45. The molecule has 0 aromatic heterocycles. The highest BCUT2D eigenvalue weighted by atomic mass is 35.5. The van der Waals surface area contributed by atoms with Crippen LogP contribution in [0, 0.1) is 5.41 Å². The third kappa shape index (κ3) is 4.07. The van der Waals surface area contributed by atoms with Crippen LogP contribution in [0.1, 0.15) is 31.9 Å². The van der Waals surface area contributed by atoms with E-state index in [9.17, 15) is 4.79 Å². The Morgan fingerprint density at radius 2 is 1.48 bits per heavy atom. The Morgan fingerprint density at radius 3 is 1.93 bits per heavy atom. The van der Waals surface area contributed by atoms with Gasteiger partial charge in [0.15, 0.2) is 4.87 Å². The summed E-state index contributed by atoms with van der Waals surface area (Å²) < 4.78 is 6.12. The summed E-state index contributed by atoms with van der Waals surface area (Å²) in [5.74, 6) is -0.0917. The molecule has 0 saturated carbocycles. The number of hydrogen-bond donors (Lipinski definition) is 0. The third-order valence-corrected chi connectivity index (χ3v) is 5.75. The van der Waals surface area contributed by atoms with E-state index in [1.807, 2.05) is 73.4 Å².